The normalized spacial score (nSPS) is 10.2. The quantitative estimate of drug-likeness (QED) is 0.701. The van der Waals surface area contributed by atoms with Gasteiger partial charge in [-0.15, -0.1) is 0 Å². The molecule has 0 saturated heterocycles. The smallest absolute Gasteiger partial charge is 0.133 e. The van der Waals surface area contributed by atoms with Crippen molar-refractivity contribution in [1.29, 1.82) is 0 Å². The van der Waals surface area contributed by atoms with Gasteiger partial charge in [-0.3, -0.25) is 0 Å². The van der Waals surface area contributed by atoms with E-state index in [0.717, 1.165) is 37.0 Å². The van der Waals surface area contributed by atoms with Crippen molar-refractivity contribution in [3.8, 4) is 0 Å². The maximum Gasteiger partial charge on any atom is 0.133 e. The van der Waals surface area contributed by atoms with E-state index in [1.165, 1.54) is 0 Å². The summed E-state index contributed by atoms with van der Waals surface area (Å²) in [6, 6.07) is 1.96. The molecule has 2 N–H and O–H groups in total. The first-order valence-electron chi connectivity index (χ1n) is 5.55. The van der Waals surface area contributed by atoms with Crippen LogP contribution in [0.15, 0.2) is 6.07 Å². The van der Waals surface area contributed by atoms with Crippen molar-refractivity contribution in [3.05, 3.63) is 11.9 Å². The fraction of sp³-hybridized carbons (Fsp3) is 0.636. The van der Waals surface area contributed by atoms with Crippen LogP contribution in [0.2, 0.25) is 0 Å². The SMILES string of the molecule is CNCCCNc1cc(N(C)C)nc(C)n1. The van der Waals surface area contributed by atoms with E-state index in [4.69, 9.17) is 0 Å². The zero-order valence-electron chi connectivity index (χ0n) is 10.5. The Hall–Kier alpha value is -1.36. The van der Waals surface area contributed by atoms with E-state index >= 15 is 0 Å². The molecular weight excluding hydrogens is 202 g/mol. The Labute approximate surface area is 97.3 Å². The summed E-state index contributed by atoms with van der Waals surface area (Å²) in [6.45, 7) is 3.84. The second kappa shape index (κ2) is 6.27. The number of hydrogen-bond acceptors (Lipinski definition) is 5. The maximum atomic E-state index is 4.34. The van der Waals surface area contributed by atoms with Gasteiger partial charge >= 0.3 is 0 Å². The van der Waals surface area contributed by atoms with Gasteiger partial charge in [0.25, 0.3) is 0 Å². The highest BCUT2D eigenvalue weighted by Gasteiger charge is 2.02. The Morgan fingerprint density at radius 3 is 2.62 bits per heavy atom. The van der Waals surface area contributed by atoms with Gasteiger partial charge in [-0.05, 0) is 26.9 Å². The Kier molecular flexibility index (Phi) is 4.98. The number of aromatic nitrogens is 2. The topological polar surface area (TPSA) is 53.1 Å². The molecule has 0 aromatic carbocycles. The summed E-state index contributed by atoms with van der Waals surface area (Å²) in [7, 11) is 5.91. The van der Waals surface area contributed by atoms with Crippen molar-refractivity contribution in [2.24, 2.45) is 0 Å². The third-order valence-corrected chi connectivity index (χ3v) is 2.19. The van der Waals surface area contributed by atoms with Crippen LogP contribution in [0, 0.1) is 6.92 Å². The fourth-order valence-electron chi connectivity index (χ4n) is 1.35. The molecule has 5 heteroatoms. The van der Waals surface area contributed by atoms with Gasteiger partial charge < -0.3 is 15.5 Å². The second-order valence-corrected chi connectivity index (χ2v) is 3.94. The lowest BCUT2D eigenvalue weighted by Gasteiger charge is -2.13. The van der Waals surface area contributed by atoms with E-state index in [1.54, 1.807) is 0 Å². The minimum Gasteiger partial charge on any atom is -0.370 e. The summed E-state index contributed by atoms with van der Waals surface area (Å²) in [5, 5.41) is 6.41. The second-order valence-electron chi connectivity index (χ2n) is 3.94. The van der Waals surface area contributed by atoms with Crippen molar-refractivity contribution in [2.75, 3.05) is 44.4 Å². The third kappa shape index (κ3) is 4.02. The van der Waals surface area contributed by atoms with Crippen LogP contribution in [0.5, 0.6) is 0 Å². The summed E-state index contributed by atoms with van der Waals surface area (Å²) < 4.78 is 0. The summed E-state index contributed by atoms with van der Waals surface area (Å²) in [6.07, 6.45) is 1.08. The first-order valence-corrected chi connectivity index (χ1v) is 5.55. The van der Waals surface area contributed by atoms with Gasteiger partial charge in [0.05, 0.1) is 0 Å². The van der Waals surface area contributed by atoms with E-state index in [2.05, 4.69) is 20.6 Å². The van der Waals surface area contributed by atoms with Gasteiger partial charge in [-0.2, -0.15) is 0 Å². The molecule has 1 aromatic rings. The van der Waals surface area contributed by atoms with Crippen LogP contribution in [0.4, 0.5) is 11.6 Å². The lowest BCUT2D eigenvalue weighted by Crippen LogP contribution is -2.15. The standard InChI is InChI=1S/C11H21N5/c1-9-14-10(13-7-5-6-12-2)8-11(15-9)16(3)4/h8,12H,5-7H2,1-4H3,(H,13,14,15). The van der Waals surface area contributed by atoms with E-state index < -0.39 is 0 Å². The summed E-state index contributed by atoms with van der Waals surface area (Å²) in [5.41, 5.74) is 0. The molecule has 16 heavy (non-hydrogen) atoms. The predicted molar refractivity (Wildman–Crippen MR) is 68.1 cm³/mol. The molecule has 0 radical (unpaired) electrons. The van der Waals surface area contributed by atoms with E-state index in [-0.39, 0.29) is 0 Å². The lowest BCUT2D eigenvalue weighted by atomic mass is 10.4. The van der Waals surface area contributed by atoms with Gasteiger partial charge in [0.15, 0.2) is 0 Å². The average Bonchev–Trinajstić information content (AvgIpc) is 2.23. The van der Waals surface area contributed by atoms with E-state index in [1.807, 2.05) is 39.0 Å². The van der Waals surface area contributed by atoms with E-state index in [0.29, 0.717) is 0 Å². The minimum absolute atomic E-state index is 0.794. The Balaban J connectivity index is 2.58. The molecule has 0 aliphatic heterocycles. The highest BCUT2D eigenvalue weighted by atomic mass is 15.2. The first kappa shape index (κ1) is 12.7. The van der Waals surface area contributed by atoms with Crippen molar-refractivity contribution in [1.82, 2.24) is 15.3 Å². The molecule has 0 spiro atoms. The number of nitrogens with one attached hydrogen (secondary N) is 2. The molecule has 0 fully saturated rings. The maximum absolute atomic E-state index is 4.34. The number of nitrogens with zero attached hydrogens (tertiary/aromatic N) is 3. The van der Waals surface area contributed by atoms with Gasteiger partial charge in [0.2, 0.25) is 0 Å². The van der Waals surface area contributed by atoms with E-state index in [9.17, 15) is 0 Å². The van der Waals surface area contributed by atoms with Gasteiger partial charge in [0.1, 0.15) is 17.5 Å². The fourth-order valence-corrected chi connectivity index (χ4v) is 1.35. The zero-order chi connectivity index (χ0) is 12.0. The van der Waals surface area contributed by atoms with Gasteiger partial charge in [-0.1, -0.05) is 0 Å². The first-order chi connectivity index (χ1) is 7.63. The summed E-state index contributed by atoms with van der Waals surface area (Å²) in [5.74, 6) is 2.62. The highest BCUT2D eigenvalue weighted by Crippen LogP contribution is 2.12. The van der Waals surface area contributed by atoms with Crippen LogP contribution >= 0.6 is 0 Å². The molecule has 1 heterocycles. The largest absolute Gasteiger partial charge is 0.370 e. The molecule has 0 bridgehead atoms. The monoisotopic (exact) mass is 223 g/mol. The third-order valence-electron chi connectivity index (χ3n) is 2.19. The van der Waals surface area contributed by atoms with Crippen LogP contribution in [0.25, 0.3) is 0 Å². The molecule has 0 amide bonds. The van der Waals surface area contributed by atoms with Gasteiger partial charge in [0, 0.05) is 26.7 Å². The average molecular weight is 223 g/mol. The van der Waals surface area contributed by atoms with Crippen molar-refractivity contribution < 1.29 is 0 Å². The van der Waals surface area contributed by atoms with Crippen LogP contribution in [0.1, 0.15) is 12.2 Å². The highest BCUT2D eigenvalue weighted by molar-refractivity contribution is 5.48. The number of rotatable bonds is 6. The number of hydrogen-bond donors (Lipinski definition) is 2. The molecule has 0 unspecified atom stereocenters. The minimum atomic E-state index is 0.794. The molecule has 90 valence electrons. The zero-order valence-corrected chi connectivity index (χ0v) is 10.5. The van der Waals surface area contributed by atoms with Gasteiger partial charge in [-0.25, -0.2) is 9.97 Å². The Bertz CT molecular complexity index is 324. The molecule has 0 aliphatic carbocycles. The summed E-state index contributed by atoms with van der Waals surface area (Å²) in [4.78, 5) is 10.7. The molecule has 0 atom stereocenters. The number of aryl methyl sites for hydroxylation is 1. The van der Waals surface area contributed by atoms with Crippen LogP contribution < -0.4 is 15.5 Å². The number of anilines is 2. The van der Waals surface area contributed by atoms with Crippen LogP contribution in [-0.2, 0) is 0 Å². The Morgan fingerprint density at radius 1 is 1.25 bits per heavy atom. The molecule has 0 saturated carbocycles. The summed E-state index contributed by atoms with van der Waals surface area (Å²) >= 11 is 0. The molecule has 1 aromatic heterocycles. The van der Waals surface area contributed by atoms with Crippen molar-refractivity contribution >= 4 is 11.6 Å². The molecular formula is C11H21N5. The predicted octanol–water partition coefficient (Wildman–Crippen LogP) is 0.872. The Morgan fingerprint density at radius 2 is 2.00 bits per heavy atom. The van der Waals surface area contributed by atoms with Crippen LogP contribution in [-0.4, -0.2) is 44.2 Å². The molecule has 1 rings (SSSR count). The molecule has 5 nitrogen and oxygen atoms in total. The van der Waals surface area contributed by atoms with Crippen LogP contribution in [0.3, 0.4) is 0 Å². The van der Waals surface area contributed by atoms with Crippen molar-refractivity contribution in [3.63, 3.8) is 0 Å². The molecule has 0 aliphatic rings. The van der Waals surface area contributed by atoms with Crippen molar-refractivity contribution in [2.45, 2.75) is 13.3 Å². The lowest BCUT2D eigenvalue weighted by molar-refractivity contribution is 0.746.